The highest BCUT2D eigenvalue weighted by Gasteiger charge is 2.12. The first kappa shape index (κ1) is 19.8. The van der Waals surface area contributed by atoms with Gasteiger partial charge in [-0.3, -0.25) is 4.79 Å². The molecule has 0 fully saturated rings. The van der Waals surface area contributed by atoms with E-state index in [2.05, 4.69) is 39.7 Å². The van der Waals surface area contributed by atoms with Crippen LogP contribution >= 0.6 is 11.6 Å². The van der Waals surface area contributed by atoms with Crippen LogP contribution in [-0.4, -0.2) is 22.4 Å². The number of amides is 1. The second-order valence-electron chi connectivity index (χ2n) is 6.60. The molecule has 0 saturated carbocycles. The van der Waals surface area contributed by atoms with Crippen LogP contribution in [0.15, 0.2) is 60.7 Å². The van der Waals surface area contributed by atoms with Gasteiger partial charge in [0, 0.05) is 23.7 Å². The summed E-state index contributed by atoms with van der Waals surface area (Å²) in [7, 11) is 0. The van der Waals surface area contributed by atoms with Crippen molar-refractivity contribution in [2.45, 2.75) is 26.3 Å². The highest BCUT2D eigenvalue weighted by molar-refractivity contribution is 6.30. The monoisotopic (exact) mass is 394 g/mol. The summed E-state index contributed by atoms with van der Waals surface area (Å²) in [5, 5.41) is 6.94. The van der Waals surface area contributed by atoms with Crippen LogP contribution in [0.1, 0.15) is 40.4 Å². The fourth-order valence-electron chi connectivity index (χ4n) is 2.91. The molecule has 6 heteroatoms. The van der Waals surface area contributed by atoms with Crippen LogP contribution in [0, 0.1) is 6.92 Å². The number of rotatable bonds is 7. The molecule has 0 aliphatic heterocycles. The molecule has 3 rings (SSSR count). The SMILES string of the molecule is Cc1nc(NC(C)c2ccccc2)cc(C(=O)NCCc2cccc(Cl)c2)n1. The average Bonchev–Trinajstić information content (AvgIpc) is 2.68. The number of carbonyl (C=O) groups is 1. The number of carbonyl (C=O) groups excluding carboxylic acids is 1. The Morgan fingerprint density at radius 2 is 1.86 bits per heavy atom. The molecule has 1 aromatic heterocycles. The van der Waals surface area contributed by atoms with E-state index in [1.54, 1.807) is 13.0 Å². The summed E-state index contributed by atoms with van der Waals surface area (Å²) in [6.07, 6.45) is 0.701. The van der Waals surface area contributed by atoms with Crippen molar-refractivity contribution in [3.05, 3.63) is 88.3 Å². The van der Waals surface area contributed by atoms with Crippen LogP contribution in [0.3, 0.4) is 0 Å². The molecule has 144 valence electrons. The van der Waals surface area contributed by atoms with Gasteiger partial charge >= 0.3 is 0 Å². The minimum absolute atomic E-state index is 0.0641. The van der Waals surface area contributed by atoms with Gasteiger partial charge in [-0.2, -0.15) is 0 Å². The first-order chi connectivity index (χ1) is 13.5. The van der Waals surface area contributed by atoms with E-state index in [4.69, 9.17) is 11.6 Å². The quantitative estimate of drug-likeness (QED) is 0.615. The van der Waals surface area contributed by atoms with Gasteiger partial charge in [0.05, 0.1) is 0 Å². The summed E-state index contributed by atoms with van der Waals surface area (Å²) in [6, 6.07) is 19.4. The molecule has 0 aliphatic rings. The second-order valence-corrected chi connectivity index (χ2v) is 7.03. The summed E-state index contributed by atoms with van der Waals surface area (Å²) in [5.41, 5.74) is 2.57. The van der Waals surface area contributed by atoms with E-state index < -0.39 is 0 Å². The molecular weight excluding hydrogens is 372 g/mol. The van der Waals surface area contributed by atoms with Gasteiger partial charge in [-0.1, -0.05) is 54.1 Å². The first-order valence-corrected chi connectivity index (χ1v) is 9.59. The molecule has 1 unspecified atom stereocenters. The highest BCUT2D eigenvalue weighted by atomic mass is 35.5. The summed E-state index contributed by atoms with van der Waals surface area (Å²) >= 11 is 5.99. The molecule has 0 bridgehead atoms. The van der Waals surface area contributed by atoms with Crippen LogP contribution in [-0.2, 0) is 6.42 Å². The fraction of sp³-hybridized carbons (Fsp3) is 0.227. The number of hydrogen-bond donors (Lipinski definition) is 2. The zero-order valence-electron chi connectivity index (χ0n) is 15.9. The number of aromatic nitrogens is 2. The third-order valence-corrected chi connectivity index (χ3v) is 4.56. The first-order valence-electron chi connectivity index (χ1n) is 9.21. The lowest BCUT2D eigenvalue weighted by Gasteiger charge is -2.16. The van der Waals surface area contributed by atoms with Crippen molar-refractivity contribution in [1.29, 1.82) is 0 Å². The van der Waals surface area contributed by atoms with Crippen molar-refractivity contribution in [1.82, 2.24) is 15.3 Å². The number of benzene rings is 2. The lowest BCUT2D eigenvalue weighted by atomic mass is 10.1. The lowest BCUT2D eigenvalue weighted by molar-refractivity contribution is 0.0949. The van der Waals surface area contributed by atoms with Crippen LogP contribution in [0.5, 0.6) is 0 Å². The summed E-state index contributed by atoms with van der Waals surface area (Å²) in [4.78, 5) is 21.2. The Labute approximate surface area is 170 Å². The Morgan fingerprint density at radius 3 is 2.61 bits per heavy atom. The molecule has 2 aromatic carbocycles. The maximum atomic E-state index is 12.5. The van der Waals surface area contributed by atoms with Gasteiger partial charge in [0.25, 0.3) is 5.91 Å². The van der Waals surface area contributed by atoms with Gasteiger partial charge in [-0.15, -0.1) is 0 Å². The van der Waals surface area contributed by atoms with Crippen molar-refractivity contribution in [2.75, 3.05) is 11.9 Å². The van der Waals surface area contributed by atoms with Crippen LogP contribution in [0.4, 0.5) is 5.82 Å². The molecule has 3 aromatic rings. The Kier molecular flexibility index (Phi) is 6.61. The van der Waals surface area contributed by atoms with E-state index in [-0.39, 0.29) is 11.9 Å². The largest absolute Gasteiger partial charge is 0.363 e. The van der Waals surface area contributed by atoms with Crippen LogP contribution < -0.4 is 10.6 Å². The van der Waals surface area contributed by atoms with Crippen molar-refractivity contribution >= 4 is 23.3 Å². The molecule has 0 saturated heterocycles. The lowest BCUT2D eigenvalue weighted by Crippen LogP contribution is -2.27. The van der Waals surface area contributed by atoms with Gasteiger partial charge in [0.15, 0.2) is 0 Å². The van der Waals surface area contributed by atoms with Crippen LogP contribution in [0.25, 0.3) is 0 Å². The van der Waals surface area contributed by atoms with E-state index in [9.17, 15) is 4.79 Å². The Bertz CT molecular complexity index is 946. The van der Waals surface area contributed by atoms with Gasteiger partial charge in [0.1, 0.15) is 17.3 Å². The Morgan fingerprint density at radius 1 is 1.07 bits per heavy atom. The maximum Gasteiger partial charge on any atom is 0.270 e. The standard InChI is InChI=1S/C22H23ClN4O/c1-15(18-8-4-3-5-9-18)25-21-14-20(26-16(2)27-21)22(28)24-12-11-17-7-6-10-19(23)13-17/h3-10,13-15H,11-12H2,1-2H3,(H,24,28)(H,25,26,27). The minimum atomic E-state index is -0.219. The van der Waals surface area contributed by atoms with Crippen molar-refractivity contribution in [3.8, 4) is 0 Å². The smallest absolute Gasteiger partial charge is 0.270 e. The van der Waals surface area contributed by atoms with Crippen LogP contribution in [0.2, 0.25) is 5.02 Å². The summed E-state index contributed by atoms with van der Waals surface area (Å²) in [6.45, 7) is 4.34. The Balaban J connectivity index is 1.62. The number of nitrogens with zero attached hydrogens (tertiary/aromatic N) is 2. The maximum absolute atomic E-state index is 12.5. The predicted molar refractivity (Wildman–Crippen MR) is 113 cm³/mol. The zero-order chi connectivity index (χ0) is 19.9. The third kappa shape index (κ3) is 5.54. The number of nitrogens with one attached hydrogen (secondary N) is 2. The number of aryl methyl sites for hydroxylation is 1. The molecule has 28 heavy (non-hydrogen) atoms. The second kappa shape index (κ2) is 9.33. The molecule has 1 heterocycles. The molecule has 5 nitrogen and oxygen atoms in total. The number of halogens is 1. The minimum Gasteiger partial charge on any atom is -0.363 e. The number of hydrogen-bond acceptors (Lipinski definition) is 4. The molecule has 0 spiro atoms. The van der Waals surface area contributed by atoms with E-state index in [0.717, 1.165) is 11.1 Å². The van der Waals surface area contributed by atoms with Gasteiger partial charge in [-0.05, 0) is 43.5 Å². The number of anilines is 1. The summed E-state index contributed by atoms with van der Waals surface area (Å²) < 4.78 is 0. The fourth-order valence-corrected chi connectivity index (χ4v) is 3.12. The van der Waals surface area contributed by atoms with Gasteiger partial charge < -0.3 is 10.6 Å². The third-order valence-electron chi connectivity index (χ3n) is 4.32. The molecule has 1 amide bonds. The molecular formula is C22H23ClN4O. The van der Waals surface area contributed by atoms with E-state index in [1.807, 2.05) is 42.5 Å². The topological polar surface area (TPSA) is 66.9 Å². The molecule has 1 atom stereocenters. The zero-order valence-corrected chi connectivity index (χ0v) is 16.7. The van der Waals surface area contributed by atoms with Crippen molar-refractivity contribution < 1.29 is 4.79 Å². The predicted octanol–water partition coefficient (Wildman–Crippen LogP) is 4.58. The molecule has 0 aliphatic carbocycles. The van der Waals surface area contributed by atoms with E-state index >= 15 is 0 Å². The van der Waals surface area contributed by atoms with Gasteiger partial charge in [0.2, 0.25) is 0 Å². The van der Waals surface area contributed by atoms with E-state index in [1.165, 1.54) is 0 Å². The summed E-state index contributed by atoms with van der Waals surface area (Å²) in [5.74, 6) is 0.956. The van der Waals surface area contributed by atoms with Gasteiger partial charge in [-0.25, -0.2) is 9.97 Å². The Hall–Kier alpha value is -2.92. The van der Waals surface area contributed by atoms with Crippen molar-refractivity contribution in [2.24, 2.45) is 0 Å². The molecule has 2 N–H and O–H groups in total. The highest BCUT2D eigenvalue weighted by Crippen LogP contribution is 2.18. The molecule has 0 radical (unpaired) electrons. The van der Waals surface area contributed by atoms with E-state index in [0.29, 0.717) is 35.3 Å². The van der Waals surface area contributed by atoms with Crippen molar-refractivity contribution in [3.63, 3.8) is 0 Å². The average molecular weight is 395 g/mol. The normalized spacial score (nSPS) is 11.7.